The van der Waals surface area contributed by atoms with E-state index in [0.717, 1.165) is 12.8 Å². The first kappa shape index (κ1) is 13.2. The number of aromatic nitrogens is 1. The van der Waals surface area contributed by atoms with Gasteiger partial charge in [-0.3, -0.25) is 9.59 Å². The maximum atomic E-state index is 11.5. The number of carbonyl (C=O) groups excluding carboxylic acids is 2. The highest BCUT2D eigenvalue weighted by molar-refractivity contribution is 5.91. The summed E-state index contributed by atoms with van der Waals surface area (Å²) in [5, 5.41) is 5.25. The maximum Gasteiger partial charge on any atom is 0.225 e. The van der Waals surface area contributed by atoms with Crippen molar-refractivity contribution in [1.82, 2.24) is 4.98 Å². The van der Waals surface area contributed by atoms with Crippen molar-refractivity contribution in [3.63, 3.8) is 0 Å². The van der Waals surface area contributed by atoms with Crippen LogP contribution < -0.4 is 10.6 Å². The molecule has 0 aliphatic heterocycles. The van der Waals surface area contributed by atoms with Gasteiger partial charge in [0, 0.05) is 13.3 Å². The Labute approximate surface area is 101 Å². The van der Waals surface area contributed by atoms with E-state index >= 15 is 0 Å². The summed E-state index contributed by atoms with van der Waals surface area (Å²) in [6, 6.07) is 5.09. The van der Waals surface area contributed by atoms with Crippen LogP contribution in [-0.2, 0) is 9.59 Å². The van der Waals surface area contributed by atoms with Crippen molar-refractivity contribution in [2.75, 3.05) is 10.6 Å². The van der Waals surface area contributed by atoms with Crippen LogP contribution in [0.5, 0.6) is 0 Å². The van der Waals surface area contributed by atoms with Crippen molar-refractivity contribution < 1.29 is 9.59 Å². The highest BCUT2D eigenvalue weighted by atomic mass is 16.2. The van der Waals surface area contributed by atoms with Gasteiger partial charge in [0.1, 0.15) is 11.6 Å². The van der Waals surface area contributed by atoms with Crippen LogP contribution in [0.4, 0.5) is 11.6 Å². The molecule has 92 valence electrons. The highest BCUT2D eigenvalue weighted by Gasteiger charge is 2.03. The minimum atomic E-state index is -0.188. The average molecular weight is 235 g/mol. The van der Waals surface area contributed by atoms with E-state index in [-0.39, 0.29) is 11.8 Å². The van der Waals surface area contributed by atoms with Crippen LogP contribution in [-0.4, -0.2) is 16.8 Å². The Hall–Kier alpha value is -1.91. The summed E-state index contributed by atoms with van der Waals surface area (Å²) in [6.07, 6.45) is 2.33. The molecule has 1 aromatic heterocycles. The number of unbranched alkanes of at least 4 members (excludes halogenated alkanes) is 1. The second-order valence-corrected chi connectivity index (χ2v) is 3.74. The smallest absolute Gasteiger partial charge is 0.225 e. The van der Waals surface area contributed by atoms with Crippen LogP contribution in [0.2, 0.25) is 0 Å². The first-order chi connectivity index (χ1) is 8.11. The molecule has 0 saturated carbocycles. The number of amides is 2. The van der Waals surface area contributed by atoms with E-state index in [1.165, 1.54) is 6.92 Å². The Bertz CT molecular complexity index is 404. The summed E-state index contributed by atoms with van der Waals surface area (Å²) in [4.78, 5) is 26.4. The molecule has 2 N–H and O–H groups in total. The third kappa shape index (κ3) is 5.10. The molecule has 0 saturated heterocycles. The zero-order chi connectivity index (χ0) is 12.7. The number of hydrogen-bond donors (Lipinski definition) is 2. The van der Waals surface area contributed by atoms with Gasteiger partial charge >= 0.3 is 0 Å². The van der Waals surface area contributed by atoms with Gasteiger partial charge < -0.3 is 10.6 Å². The molecule has 5 heteroatoms. The summed E-state index contributed by atoms with van der Waals surface area (Å²) in [7, 11) is 0. The van der Waals surface area contributed by atoms with Crippen molar-refractivity contribution in [2.45, 2.75) is 33.1 Å². The van der Waals surface area contributed by atoms with Crippen LogP contribution in [0.3, 0.4) is 0 Å². The quantitative estimate of drug-likeness (QED) is 0.821. The molecule has 0 aliphatic rings. The zero-order valence-corrected chi connectivity index (χ0v) is 10.1. The van der Waals surface area contributed by atoms with E-state index < -0.39 is 0 Å². The summed E-state index contributed by atoms with van der Waals surface area (Å²) < 4.78 is 0. The number of nitrogens with zero attached hydrogens (tertiary/aromatic N) is 1. The van der Waals surface area contributed by atoms with Gasteiger partial charge in [0.05, 0.1) is 0 Å². The minimum Gasteiger partial charge on any atom is -0.311 e. The molecule has 0 aliphatic carbocycles. The van der Waals surface area contributed by atoms with E-state index in [1.54, 1.807) is 18.2 Å². The molecular formula is C12H17N3O2. The molecule has 1 aromatic rings. The third-order valence-electron chi connectivity index (χ3n) is 2.08. The molecule has 0 fully saturated rings. The summed E-state index contributed by atoms with van der Waals surface area (Å²) in [5.74, 6) is 0.648. The second kappa shape index (κ2) is 6.62. The lowest BCUT2D eigenvalue weighted by Crippen LogP contribution is -2.13. The number of anilines is 2. The van der Waals surface area contributed by atoms with Crippen LogP contribution in [0.1, 0.15) is 33.1 Å². The molecule has 17 heavy (non-hydrogen) atoms. The van der Waals surface area contributed by atoms with E-state index in [4.69, 9.17) is 0 Å². The molecule has 2 amide bonds. The highest BCUT2D eigenvalue weighted by Crippen LogP contribution is 2.09. The first-order valence-corrected chi connectivity index (χ1v) is 5.66. The van der Waals surface area contributed by atoms with Gasteiger partial charge in [-0.1, -0.05) is 19.4 Å². The molecule has 0 spiro atoms. The molecule has 1 rings (SSSR count). The molecule has 1 heterocycles. The minimum absolute atomic E-state index is 0.0562. The molecule has 0 bridgehead atoms. The predicted octanol–water partition coefficient (Wildman–Crippen LogP) is 2.17. The van der Waals surface area contributed by atoms with Gasteiger partial charge in [0.15, 0.2) is 0 Å². The molecular weight excluding hydrogens is 218 g/mol. The molecule has 0 radical (unpaired) electrons. The molecule has 0 unspecified atom stereocenters. The van der Waals surface area contributed by atoms with Gasteiger partial charge in [-0.15, -0.1) is 0 Å². The molecule has 0 atom stereocenters. The lowest BCUT2D eigenvalue weighted by Gasteiger charge is -2.06. The topological polar surface area (TPSA) is 71.1 Å². The van der Waals surface area contributed by atoms with Crippen LogP contribution in [0.25, 0.3) is 0 Å². The number of hydrogen-bond acceptors (Lipinski definition) is 3. The normalized spacial score (nSPS) is 9.76. The Balaban J connectivity index is 2.59. The summed E-state index contributed by atoms with van der Waals surface area (Å²) >= 11 is 0. The lowest BCUT2D eigenvalue weighted by molar-refractivity contribution is -0.116. The van der Waals surface area contributed by atoms with E-state index in [0.29, 0.717) is 18.1 Å². The number of rotatable bonds is 5. The summed E-state index contributed by atoms with van der Waals surface area (Å²) in [5.41, 5.74) is 0. The molecule has 5 nitrogen and oxygen atoms in total. The SMILES string of the molecule is CCCCC(=O)Nc1cccc(NC(C)=O)n1. The van der Waals surface area contributed by atoms with Crippen LogP contribution >= 0.6 is 0 Å². The predicted molar refractivity (Wildman–Crippen MR) is 66.7 cm³/mol. The first-order valence-electron chi connectivity index (χ1n) is 5.66. The fourth-order valence-corrected chi connectivity index (χ4v) is 1.30. The van der Waals surface area contributed by atoms with Gasteiger partial charge in [0.2, 0.25) is 11.8 Å². The van der Waals surface area contributed by atoms with Crippen molar-refractivity contribution in [2.24, 2.45) is 0 Å². The van der Waals surface area contributed by atoms with Crippen molar-refractivity contribution >= 4 is 23.5 Å². The average Bonchev–Trinajstić information content (AvgIpc) is 2.26. The van der Waals surface area contributed by atoms with E-state index in [2.05, 4.69) is 15.6 Å². The summed E-state index contributed by atoms with van der Waals surface area (Å²) in [6.45, 7) is 3.44. The van der Waals surface area contributed by atoms with Crippen molar-refractivity contribution in [3.8, 4) is 0 Å². The van der Waals surface area contributed by atoms with Crippen LogP contribution in [0.15, 0.2) is 18.2 Å². The Morgan fingerprint density at radius 2 is 1.88 bits per heavy atom. The lowest BCUT2D eigenvalue weighted by atomic mass is 10.2. The number of pyridine rings is 1. The third-order valence-corrected chi connectivity index (χ3v) is 2.08. The number of carbonyl (C=O) groups is 2. The standard InChI is InChI=1S/C12H17N3O2/c1-3-4-8-12(17)15-11-7-5-6-10(14-11)13-9(2)16/h5-7H,3-4,8H2,1-2H3,(H2,13,14,15,16,17). The van der Waals surface area contributed by atoms with Gasteiger partial charge in [0.25, 0.3) is 0 Å². The maximum absolute atomic E-state index is 11.5. The fraction of sp³-hybridized carbons (Fsp3) is 0.417. The van der Waals surface area contributed by atoms with E-state index in [1.807, 2.05) is 6.92 Å². The molecule has 0 aromatic carbocycles. The Kier molecular flexibility index (Phi) is 5.13. The zero-order valence-electron chi connectivity index (χ0n) is 10.1. The van der Waals surface area contributed by atoms with Gasteiger partial charge in [-0.05, 0) is 18.6 Å². The number of nitrogens with one attached hydrogen (secondary N) is 2. The fourth-order valence-electron chi connectivity index (χ4n) is 1.30. The van der Waals surface area contributed by atoms with Crippen molar-refractivity contribution in [3.05, 3.63) is 18.2 Å². The Morgan fingerprint density at radius 1 is 1.24 bits per heavy atom. The van der Waals surface area contributed by atoms with Crippen LogP contribution in [0, 0.1) is 0 Å². The van der Waals surface area contributed by atoms with Gasteiger partial charge in [-0.25, -0.2) is 4.98 Å². The van der Waals surface area contributed by atoms with Gasteiger partial charge in [-0.2, -0.15) is 0 Å². The second-order valence-electron chi connectivity index (χ2n) is 3.74. The Morgan fingerprint density at radius 3 is 2.47 bits per heavy atom. The largest absolute Gasteiger partial charge is 0.311 e. The van der Waals surface area contributed by atoms with E-state index in [9.17, 15) is 9.59 Å². The van der Waals surface area contributed by atoms with Crippen molar-refractivity contribution in [1.29, 1.82) is 0 Å². The monoisotopic (exact) mass is 235 g/mol.